The Balaban J connectivity index is 1.70. The van der Waals surface area contributed by atoms with Gasteiger partial charge in [0.2, 0.25) is 15.9 Å². The lowest BCUT2D eigenvalue weighted by molar-refractivity contribution is -0.115. The Morgan fingerprint density at radius 2 is 1.64 bits per heavy atom. The summed E-state index contributed by atoms with van der Waals surface area (Å²) in [5.41, 5.74) is 5.20. The van der Waals surface area contributed by atoms with E-state index in [1.165, 1.54) is 5.56 Å². The highest BCUT2D eigenvalue weighted by Crippen LogP contribution is 2.38. The molecule has 0 spiro atoms. The molecule has 0 bridgehead atoms. The van der Waals surface area contributed by atoms with Crippen molar-refractivity contribution < 1.29 is 13.2 Å². The van der Waals surface area contributed by atoms with Crippen LogP contribution < -0.4 is 10.0 Å². The van der Waals surface area contributed by atoms with E-state index in [9.17, 15) is 13.2 Å². The number of amides is 1. The number of sulfonamides is 1. The van der Waals surface area contributed by atoms with Crippen LogP contribution in [0.3, 0.4) is 0 Å². The van der Waals surface area contributed by atoms with Gasteiger partial charge in [-0.1, -0.05) is 56.3 Å². The second kappa shape index (κ2) is 12.6. The third-order valence-electron chi connectivity index (χ3n) is 6.78. The third kappa shape index (κ3) is 6.94. The first-order valence-corrected chi connectivity index (χ1v) is 15.2. The van der Waals surface area contributed by atoms with Gasteiger partial charge < -0.3 is 5.32 Å². The lowest BCUT2D eigenvalue weighted by Gasteiger charge is -2.21. The van der Waals surface area contributed by atoms with Crippen molar-refractivity contribution in [3.63, 3.8) is 0 Å². The molecule has 1 aliphatic rings. The Morgan fingerprint density at radius 3 is 2.26 bits per heavy atom. The molecule has 1 unspecified atom stereocenters. The van der Waals surface area contributed by atoms with Gasteiger partial charge in [-0.2, -0.15) is 0 Å². The number of fused-ring (bicyclic) bond motifs is 1. The molecular weight excluding hydrogens is 508 g/mol. The van der Waals surface area contributed by atoms with Crippen LogP contribution in [-0.4, -0.2) is 43.3 Å². The van der Waals surface area contributed by atoms with Gasteiger partial charge in [0.15, 0.2) is 0 Å². The summed E-state index contributed by atoms with van der Waals surface area (Å²) in [6, 6.07) is 23.0. The number of hydrogen-bond donors (Lipinski definition) is 2. The second-order valence-electron chi connectivity index (χ2n) is 10.2. The van der Waals surface area contributed by atoms with Gasteiger partial charge in [-0.15, -0.1) is 0 Å². The third-order valence-corrected chi connectivity index (χ3v) is 8.54. The summed E-state index contributed by atoms with van der Waals surface area (Å²) < 4.78 is 27.6. The fourth-order valence-electron chi connectivity index (χ4n) is 4.76. The van der Waals surface area contributed by atoms with Gasteiger partial charge in [-0.05, 0) is 86.8 Å². The van der Waals surface area contributed by atoms with Crippen LogP contribution in [0, 0.1) is 0 Å². The van der Waals surface area contributed by atoms with E-state index in [4.69, 9.17) is 4.99 Å². The smallest absolute Gasteiger partial charge is 0.238 e. The molecule has 3 aromatic rings. The quantitative estimate of drug-likeness (QED) is 0.260. The van der Waals surface area contributed by atoms with Crippen LogP contribution >= 0.6 is 0 Å². The van der Waals surface area contributed by atoms with Crippen LogP contribution in [0.1, 0.15) is 63.1 Å². The number of nitrogens with one attached hydrogen (secondary N) is 2. The second-order valence-corrected chi connectivity index (χ2v) is 12.5. The topological polar surface area (TPSA) is 90.9 Å². The monoisotopic (exact) mass is 546 g/mol. The van der Waals surface area contributed by atoms with Crippen molar-refractivity contribution in [1.82, 2.24) is 4.90 Å². The normalized spacial score (nSPS) is 15.5. The first kappa shape index (κ1) is 28.5. The Bertz CT molecular complexity index is 1410. The van der Waals surface area contributed by atoms with Crippen LogP contribution in [0.15, 0.2) is 77.8 Å². The van der Waals surface area contributed by atoms with Crippen molar-refractivity contribution in [3.8, 4) is 0 Å². The van der Waals surface area contributed by atoms with Gasteiger partial charge in [0, 0.05) is 17.9 Å². The molecule has 8 heteroatoms. The van der Waals surface area contributed by atoms with E-state index in [1.54, 1.807) is 32.0 Å². The Labute approximate surface area is 232 Å². The highest BCUT2D eigenvalue weighted by molar-refractivity contribution is 7.93. The van der Waals surface area contributed by atoms with Gasteiger partial charge in [0.25, 0.3) is 0 Å². The molecule has 4 rings (SSSR count). The van der Waals surface area contributed by atoms with Crippen molar-refractivity contribution in [2.75, 3.05) is 23.1 Å². The highest BCUT2D eigenvalue weighted by atomic mass is 32.2. The summed E-state index contributed by atoms with van der Waals surface area (Å²) in [5, 5.41) is 2.37. The van der Waals surface area contributed by atoms with E-state index < -0.39 is 21.2 Å². The van der Waals surface area contributed by atoms with Crippen LogP contribution in [0.25, 0.3) is 0 Å². The zero-order valence-electron chi connectivity index (χ0n) is 23.1. The maximum absolute atomic E-state index is 13.3. The van der Waals surface area contributed by atoms with Crippen LogP contribution in [-0.2, 0) is 21.4 Å². The number of rotatable bonds is 12. The SMILES string of the molecule is CCCN(CCC)Cc1ccc(N=C(c2ccccc2)C2C(=O)Nc3ccc(NS(=O)(=O)C(C)C)cc32)cc1. The molecule has 0 aromatic heterocycles. The van der Waals surface area contributed by atoms with Gasteiger partial charge in [0.1, 0.15) is 5.92 Å². The van der Waals surface area contributed by atoms with Crippen molar-refractivity contribution in [2.45, 2.75) is 58.2 Å². The minimum atomic E-state index is -3.53. The molecule has 2 N–H and O–H groups in total. The fourth-order valence-corrected chi connectivity index (χ4v) is 5.45. The minimum Gasteiger partial charge on any atom is -0.325 e. The molecule has 1 amide bonds. The molecule has 0 aliphatic carbocycles. The molecule has 7 nitrogen and oxygen atoms in total. The number of carbonyl (C=O) groups is 1. The summed E-state index contributed by atoms with van der Waals surface area (Å²) in [5.74, 6) is -0.877. The Hall–Kier alpha value is -3.49. The summed E-state index contributed by atoms with van der Waals surface area (Å²) in [6.07, 6.45) is 2.24. The van der Waals surface area contributed by atoms with Crippen LogP contribution in [0.2, 0.25) is 0 Å². The van der Waals surface area contributed by atoms with Crippen molar-refractivity contribution >= 4 is 38.7 Å². The highest BCUT2D eigenvalue weighted by Gasteiger charge is 2.36. The summed E-state index contributed by atoms with van der Waals surface area (Å²) in [4.78, 5) is 20.7. The zero-order valence-corrected chi connectivity index (χ0v) is 24.0. The van der Waals surface area contributed by atoms with Crippen LogP contribution in [0.4, 0.5) is 17.1 Å². The van der Waals surface area contributed by atoms with E-state index >= 15 is 0 Å². The van der Waals surface area contributed by atoms with E-state index in [2.05, 4.69) is 40.9 Å². The molecule has 206 valence electrons. The largest absolute Gasteiger partial charge is 0.325 e. The van der Waals surface area contributed by atoms with Crippen LogP contribution in [0.5, 0.6) is 0 Å². The van der Waals surface area contributed by atoms with Crippen molar-refractivity contribution in [1.29, 1.82) is 0 Å². The number of carbonyl (C=O) groups excluding carboxylic acids is 1. The molecule has 3 aromatic carbocycles. The van der Waals surface area contributed by atoms with Crippen molar-refractivity contribution in [2.24, 2.45) is 4.99 Å². The molecule has 1 atom stereocenters. The number of anilines is 2. The molecule has 0 saturated carbocycles. The number of aliphatic imine (C=N–C) groups is 1. The van der Waals surface area contributed by atoms with E-state index in [-0.39, 0.29) is 5.91 Å². The number of benzene rings is 3. The Kier molecular flexibility index (Phi) is 9.20. The maximum atomic E-state index is 13.3. The van der Waals surface area contributed by atoms with Gasteiger partial charge >= 0.3 is 0 Å². The average Bonchev–Trinajstić information content (AvgIpc) is 3.23. The minimum absolute atomic E-state index is 0.192. The summed E-state index contributed by atoms with van der Waals surface area (Å²) in [6.45, 7) is 10.7. The molecule has 39 heavy (non-hydrogen) atoms. The lowest BCUT2D eigenvalue weighted by Crippen LogP contribution is -2.24. The fraction of sp³-hybridized carbons (Fsp3) is 0.355. The van der Waals surface area contributed by atoms with Gasteiger partial charge in [0.05, 0.1) is 16.6 Å². The molecule has 1 aliphatic heterocycles. The first-order valence-electron chi connectivity index (χ1n) is 13.6. The van der Waals surface area contributed by atoms with Gasteiger partial charge in [-0.3, -0.25) is 19.4 Å². The van der Waals surface area contributed by atoms with Gasteiger partial charge in [-0.25, -0.2) is 8.42 Å². The average molecular weight is 547 g/mol. The predicted octanol–water partition coefficient (Wildman–Crippen LogP) is 6.32. The summed E-state index contributed by atoms with van der Waals surface area (Å²) >= 11 is 0. The molecule has 0 radical (unpaired) electrons. The first-order chi connectivity index (χ1) is 18.7. The van der Waals surface area contributed by atoms with Crippen molar-refractivity contribution in [3.05, 3.63) is 89.5 Å². The standard InChI is InChI=1S/C31H38N4O3S/c1-5-18-35(19-6-2)21-23-12-14-25(15-13-23)32-30(24-10-8-7-9-11-24)29-27-20-26(34-39(37,38)22(3)4)16-17-28(27)33-31(29)36/h7-17,20,22,29,34H,5-6,18-19,21H2,1-4H3,(H,33,36). The molecule has 0 fully saturated rings. The van der Waals surface area contributed by atoms with E-state index in [0.29, 0.717) is 22.6 Å². The predicted molar refractivity (Wildman–Crippen MR) is 160 cm³/mol. The van der Waals surface area contributed by atoms with E-state index in [1.807, 2.05) is 42.5 Å². The molecular formula is C31H38N4O3S. The molecule has 1 heterocycles. The zero-order chi connectivity index (χ0) is 28.0. The Morgan fingerprint density at radius 1 is 0.974 bits per heavy atom. The van der Waals surface area contributed by atoms with E-state index in [0.717, 1.165) is 43.7 Å². The lowest BCUT2D eigenvalue weighted by atomic mass is 9.90. The maximum Gasteiger partial charge on any atom is 0.238 e. The summed E-state index contributed by atoms with van der Waals surface area (Å²) in [7, 11) is -3.53. The number of nitrogens with zero attached hydrogens (tertiary/aromatic N) is 2. The number of hydrogen-bond acceptors (Lipinski definition) is 5. The molecule has 0 saturated heterocycles.